The van der Waals surface area contributed by atoms with Crippen molar-refractivity contribution in [2.24, 2.45) is 0 Å². The second kappa shape index (κ2) is 8.62. The first-order valence-electron chi connectivity index (χ1n) is 12.2. The standard InChI is InChI=1S/C27H30N4O2S/c1-17-14-21(18(2)30(17)19-8-4-3-5-9-19)26-25(22-10-6-7-13-28-22)29-27(34)31(26)20-11-12-23-24(15-20)33-16-32-23/h6-7,10-15,19,25-26H,3-5,8-9,16H2,1-2H3,(H,29,34). The van der Waals surface area contributed by atoms with E-state index in [4.69, 9.17) is 26.7 Å². The van der Waals surface area contributed by atoms with E-state index in [0.29, 0.717) is 11.2 Å². The molecule has 7 heteroatoms. The van der Waals surface area contributed by atoms with Crippen LogP contribution >= 0.6 is 12.2 Å². The molecule has 1 saturated heterocycles. The highest BCUT2D eigenvalue weighted by atomic mass is 32.1. The summed E-state index contributed by atoms with van der Waals surface area (Å²) in [6.45, 7) is 4.77. The lowest BCUT2D eigenvalue weighted by Crippen LogP contribution is -2.29. The van der Waals surface area contributed by atoms with Gasteiger partial charge in [0.25, 0.3) is 0 Å². The van der Waals surface area contributed by atoms with Crippen LogP contribution in [0.25, 0.3) is 0 Å². The number of aryl methyl sites for hydroxylation is 1. The highest BCUT2D eigenvalue weighted by Gasteiger charge is 2.43. The zero-order valence-electron chi connectivity index (χ0n) is 19.7. The monoisotopic (exact) mass is 474 g/mol. The molecule has 2 atom stereocenters. The van der Waals surface area contributed by atoms with E-state index in [-0.39, 0.29) is 18.9 Å². The summed E-state index contributed by atoms with van der Waals surface area (Å²) in [5.74, 6) is 1.53. The van der Waals surface area contributed by atoms with Crippen LogP contribution in [0.4, 0.5) is 5.69 Å². The predicted octanol–water partition coefficient (Wildman–Crippen LogP) is 5.91. The number of benzene rings is 1. The van der Waals surface area contributed by atoms with Crippen molar-refractivity contribution in [2.45, 2.75) is 64.1 Å². The van der Waals surface area contributed by atoms with Crippen LogP contribution in [0.3, 0.4) is 0 Å². The summed E-state index contributed by atoms with van der Waals surface area (Å²) in [6, 6.07) is 15.0. The van der Waals surface area contributed by atoms with Gasteiger partial charge in [0.15, 0.2) is 16.6 Å². The van der Waals surface area contributed by atoms with Gasteiger partial charge in [-0.05, 0) is 74.8 Å². The van der Waals surface area contributed by atoms with Crippen molar-refractivity contribution in [1.82, 2.24) is 14.9 Å². The van der Waals surface area contributed by atoms with Gasteiger partial charge in [0.05, 0.1) is 17.8 Å². The molecule has 1 saturated carbocycles. The summed E-state index contributed by atoms with van der Waals surface area (Å²) in [6.07, 6.45) is 8.34. The molecule has 1 aromatic carbocycles. The fourth-order valence-electron chi connectivity index (χ4n) is 5.99. The normalized spacial score (nSPS) is 22.3. The molecule has 3 aromatic rings. The molecular weight excluding hydrogens is 444 g/mol. The van der Waals surface area contributed by atoms with E-state index in [1.807, 2.05) is 30.5 Å². The van der Waals surface area contributed by atoms with Gasteiger partial charge in [-0.3, -0.25) is 4.98 Å². The molecule has 2 unspecified atom stereocenters. The molecule has 34 heavy (non-hydrogen) atoms. The Bertz CT molecular complexity index is 1220. The van der Waals surface area contributed by atoms with Gasteiger partial charge in [-0.2, -0.15) is 0 Å². The maximum atomic E-state index is 5.92. The Kier molecular flexibility index (Phi) is 5.44. The van der Waals surface area contributed by atoms with Crippen LogP contribution in [-0.4, -0.2) is 21.5 Å². The van der Waals surface area contributed by atoms with Crippen molar-refractivity contribution in [3.05, 3.63) is 71.3 Å². The first-order chi connectivity index (χ1) is 16.6. The van der Waals surface area contributed by atoms with Gasteiger partial charge in [0, 0.05) is 35.4 Å². The minimum atomic E-state index is -0.0561. The van der Waals surface area contributed by atoms with E-state index in [0.717, 1.165) is 22.9 Å². The molecule has 1 N–H and O–H groups in total. The van der Waals surface area contributed by atoms with Gasteiger partial charge in [-0.1, -0.05) is 25.3 Å². The average molecular weight is 475 g/mol. The molecule has 6 nitrogen and oxygen atoms in total. The van der Waals surface area contributed by atoms with Crippen LogP contribution in [0.2, 0.25) is 0 Å². The van der Waals surface area contributed by atoms with Crippen LogP contribution in [0, 0.1) is 13.8 Å². The topological polar surface area (TPSA) is 51.6 Å². The van der Waals surface area contributed by atoms with Crippen LogP contribution in [0.5, 0.6) is 11.5 Å². The summed E-state index contributed by atoms with van der Waals surface area (Å²) in [7, 11) is 0. The van der Waals surface area contributed by atoms with Crippen molar-refractivity contribution in [3.63, 3.8) is 0 Å². The lowest BCUT2D eigenvalue weighted by Gasteiger charge is -2.30. The number of pyridine rings is 1. The number of thiocarbonyl (C=S) groups is 1. The number of aromatic nitrogens is 2. The number of rotatable bonds is 4. The van der Waals surface area contributed by atoms with Gasteiger partial charge >= 0.3 is 0 Å². The first kappa shape index (κ1) is 21.5. The van der Waals surface area contributed by atoms with Crippen molar-refractivity contribution in [3.8, 4) is 11.5 Å². The van der Waals surface area contributed by atoms with Crippen molar-refractivity contribution in [1.29, 1.82) is 0 Å². The van der Waals surface area contributed by atoms with Crippen molar-refractivity contribution < 1.29 is 9.47 Å². The van der Waals surface area contributed by atoms with Crippen LogP contribution in [-0.2, 0) is 0 Å². The minimum Gasteiger partial charge on any atom is -0.454 e. The van der Waals surface area contributed by atoms with E-state index in [9.17, 15) is 0 Å². The minimum absolute atomic E-state index is 0.0219. The van der Waals surface area contributed by atoms with E-state index in [1.165, 1.54) is 49.1 Å². The maximum absolute atomic E-state index is 5.92. The number of hydrogen-bond acceptors (Lipinski definition) is 4. The molecule has 6 rings (SSSR count). The zero-order valence-corrected chi connectivity index (χ0v) is 20.5. The highest BCUT2D eigenvalue weighted by Crippen LogP contribution is 2.46. The molecule has 2 aliphatic heterocycles. The van der Waals surface area contributed by atoms with E-state index in [2.05, 4.69) is 46.8 Å². The molecule has 0 amide bonds. The number of hydrogen-bond donors (Lipinski definition) is 1. The molecule has 3 aliphatic rings. The molecule has 2 aromatic heterocycles. The molecular formula is C27H30N4O2S. The Morgan fingerprint density at radius 2 is 1.82 bits per heavy atom. The Balaban J connectivity index is 1.47. The largest absolute Gasteiger partial charge is 0.454 e. The van der Waals surface area contributed by atoms with E-state index >= 15 is 0 Å². The Hall–Kier alpha value is -3.06. The second-order valence-corrected chi connectivity index (χ2v) is 9.91. The van der Waals surface area contributed by atoms with E-state index < -0.39 is 0 Å². The molecule has 0 bridgehead atoms. The third-order valence-electron chi connectivity index (χ3n) is 7.51. The molecule has 0 radical (unpaired) electrons. The summed E-state index contributed by atoms with van der Waals surface area (Å²) in [4.78, 5) is 6.93. The quantitative estimate of drug-likeness (QED) is 0.475. The summed E-state index contributed by atoms with van der Waals surface area (Å²) >= 11 is 5.92. The van der Waals surface area contributed by atoms with Crippen molar-refractivity contribution >= 4 is 23.0 Å². The Labute approximate surface area is 205 Å². The molecule has 2 fully saturated rings. The van der Waals surface area contributed by atoms with Gasteiger partial charge in [-0.15, -0.1) is 0 Å². The fourth-order valence-corrected chi connectivity index (χ4v) is 6.33. The lowest BCUT2D eigenvalue weighted by molar-refractivity contribution is 0.174. The Morgan fingerprint density at radius 3 is 2.62 bits per heavy atom. The SMILES string of the molecule is Cc1cc(C2C(c3ccccn3)NC(=S)N2c2ccc3c(c2)OCO3)c(C)n1C1CCCCC1. The number of nitrogens with zero attached hydrogens (tertiary/aromatic N) is 3. The molecule has 1 aliphatic carbocycles. The van der Waals surface area contributed by atoms with Gasteiger partial charge in [0.1, 0.15) is 0 Å². The summed E-state index contributed by atoms with van der Waals surface area (Å²) in [5, 5.41) is 4.28. The van der Waals surface area contributed by atoms with Crippen LogP contribution in [0.15, 0.2) is 48.7 Å². The summed E-state index contributed by atoms with van der Waals surface area (Å²) < 4.78 is 13.8. The number of ether oxygens (including phenoxy) is 2. The fraction of sp³-hybridized carbons (Fsp3) is 0.407. The lowest BCUT2D eigenvalue weighted by atomic mass is 9.94. The molecule has 176 valence electrons. The van der Waals surface area contributed by atoms with Crippen LogP contribution in [0.1, 0.15) is 72.9 Å². The smallest absolute Gasteiger partial charge is 0.231 e. The highest BCUT2D eigenvalue weighted by molar-refractivity contribution is 7.80. The third kappa shape index (κ3) is 3.54. The maximum Gasteiger partial charge on any atom is 0.231 e. The van der Waals surface area contributed by atoms with Gasteiger partial charge in [-0.25, -0.2) is 0 Å². The Morgan fingerprint density at radius 1 is 1.00 bits per heavy atom. The number of nitrogens with one attached hydrogen (secondary N) is 1. The van der Waals surface area contributed by atoms with Crippen LogP contribution < -0.4 is 19.7 Å². The third-order valence-corrected chi connectivity index (χ3v) is 7.83. The second-order valence-electron chi connectivity index (χ2n) is 9.52. The average Bonchev–Trinajstić information content (AvgIpc) is 3.54. The first-order valence-corrected chi connectivity index (χ1v) is 12.6. The zero-order chi connectivity index (χ0) is 23.2. The van der Waals surface area contributed by atoms with Crippen molar-refractivity contribution in [2.75, 3.05) is 11.7 Å². The predicted molar refractivity (Wildman–Crippen MR) is 137 cm³/mol. The van der Waals surface area contributed by atoms with Gasteiger partial charge < -0.3 is 24.3 Å². The summed E-state index contributed by atoms with van der Waals surface area (Å²) in [5.41, 5.74) is 5.92. The molecule has 4 heterocycles. The van der Waals surface area contributed by atoms with Gasteiger partial charge in [0.2, 0.25) is 6.79 Å². The number of fused-ring (bicyclic) bond motifs is 1. The van der Waals surface area contributed by atoms with E-state index in [1.54, 1.807) is 0 Å². The number of anilines is 1. The molecule has 0 spiro atoms.